The van der Waals surface area contributed by atoms with Crippen molar-refractivity contribution in [3.05, 3.63) is 35.1 Å². The molecule has 0 radical (unpaired) electrons. The first kappa shape index (κ1) is 16.5. The van der Waals surface area contributed by atoms with Crippen LogP contribution < -0.4 is 0 Å². The van der Waals surface area contributed by atoms with Crippen LogP contribution in [0.1, 0.15) is 10.4 Å². The molecule has 0 aromatic heterocycles. The van der Waals surface area contributed by atoms with Crippen LogP contribution in [0, 0.1) is 17.5 Å². The SMILES string of the molecule is COCCN(CCOC)C(=O)c1ccc(F)c(F)c1F. The third-order valence-corrected chi connectivity index (χ3v) is 2.68. The summed E-state index contributed by atoms with van der Waals surface area (Å²) < 4.78 is 49.3. The van der Waals surface area contributed by atoms with Crippen molar-refractivity contribution in [3.63, 3.8) is 0 Å². The van der Waals surface area contributed by atoms with Gasteiger partial charge in [0.05, 0.1) is 18.8 Å². The fourth-order valence-electron chi connectivity index (χ4n) is 1.58. The second kappa shape index (κ2) is 7.86. The van der Waals surface area contributed by atoms with E-state index in [4.69, 9.17) is 9.47 Å². The van der Waals surface area contributed by atoms with Crippen LogP contribution in [0.15, 0.2) is 12.1 Å². The number of rotatable bonds is 7. The highest BCUT2D eigenvalue weighted by Crippen LogP contribution is 2.17. The number of carbonyl (C=O) groups is 1. The smallest absolute Gasteiger partial charge is 0.257 e. The van der Waals surface area contributed by atoms with Crippen molar-refractivity contribution in [2.75, 3.05) is 40.5 Å². The molecule has 4 nitrogen and oxygen atoms in total. The Morgan fingerprint density at radius 1 is 1.05 bits per heavy atom. The van der Waals surface area contributed by atoms with E-state index in [1.807, 2.05) is 0 Å². The van der Waals surface area contributed by atoms with Gasteiger partial charge in [-0.2, -0.15) is 0 Å². The van der Waals surface area contributed by atoms with E-state index < -0.39 is 28.9 Å². The summed E-state index contributed by atoms with van der Waals surface area (Å²) >= 11 is 0. The molecule has 0 heterocycles. The van der Waals surface area contributed by atoms with Crippen molar-refractivity contribution in [2.24, 2.45) is 0 Å². The van der Waals surface area contributed by atoms with Gasteiger partial charge in [-0.05, 0) is 12.1 Å². The summed E-state index contributed by atoms with van der Waals surface area (Å²) in [6.07, 6.45) is 0. The Morgan fingerprint density at radius 2 is 1.60 bits per heavy atom. The molecule has 0 unspecified atom stereocenters. The molecule has 0 spiro atoms. The summed E-state index contributed by atoms with van der Waals surface area (Å²) in [7, 11) is 2.91. The summed E-state index contributed by atoms with van der Waals surface area (Å²) in [5.41, 5.74) is -0.517. The molecule has 1 amide bonds. The third kappa shape index (κ3) is 3.94. The average molecular weight is 291 g/mol. The minimum absolute atomic E-state index is 0.192. The van der Waals surface area contributed by atoms with Gasteiger partial charge in [0.2, 0.25) is 0 Å². The van der Waals surface area contributed by atoms with Crippen molar-refractivity contribution in [2.45, 2.75) is 0 Å². The lowest BCUT2D eigenvalue weighted by Gasteiger charge is -2.22. The lowest BCUT2D eigenvalue weighted by molar-refractivity contribution is 0.0621. The number of halogens is 3. The van der Waals surface area contributed by atoms with Crippen molar-refractivity contribution in [3.8, 4) is 0 Å². The van der Waals surface area contributed by atoms with E-state index in [0.717, 1.165) is 12.1 Å². The maximum absolute atomic E-state index is 13.6. The van der Waals surface area contributed by atoms with E-state index in [0.29, 0.717) is 0 Å². The predicted molar refractivity (Wildman–Crippen MR) is 66.0 cm³/mol. The second-order valence-electron chi connectivity index (χ2n) is 4.00. The first-order valence-corrected chi connectivity index (χ1v) is 5.93. The molecule has 7 heteroatoms. The molecule has 0 atom stereocenters. The highest BCUT2D eigenvalue weighted by Gasteiger charge is 2.23. The third-order valence-electron chi connectivity index (χ3n) is 2.68. The number of nitrogens with zero attached hydrogens (tertiary/aromatic N) is 1. The average Bonchev–Trinajstić information content (AvgIpc) is 2.44. The van der Waals surface area contributed by atoms with Crippen LogP contribution in [-0.2, 0) is 9.47 Å². The number of carbonyl (C=O) groups excluding carboxylic acids is 1. The van der Waals surface area contributed by atoms with Crippen molar-refractivity contribution in [1.82, 2.24) is 4.90 Å². The van der Waals surface area contributed by atoms with Gasteiger partial charge in [-0.3, -0.25) is 4.79 Å². The zero-order valence-electron chi connectivity index (χ0n) is 11.3. The molecule has 112 valence electrons. The van der Waals surface area contributed by atoms with Crippen LogP contribution in [-0.4, -0.2) is 51.3 Å². The van der Waals surface area contributed by atoms with Gasteiger partial charge >= 0.3 is 0 Å². The summed E-state index contributed by atoms with van der Waals surface area (Å²) in [5, 5.41) is 0. The number of benzene rings is 1. The molecule has 1 rings (SSSR count). The highest BCUT2D eigenvalue weighted by atomic mass is 19.2. The number of ether oxygens (including phenoxy) is 2. The molecule has 0 saturated carbocycles. The minimum atomic E-state index is -1.66. The zero-order chi connectivity index (χ0) is 15.1. The standard InChI is InChI=1S/C13H16F3NO3/c1-19-7-5-17(6-8-20-2)13(18)9-3-4-10(14)12(16)11(9)15/h3-4H,5-8H2,1-2H3. The van der Waals surface area contributed by atoms with Crippen LogP contribution in [0.25, 0.3) is 0 Å². The van der Waals surface area contributed by atoms with E-state index >= 15 is 0 Å². The maximum atomic E-state index is 13.6. The molecule has 1 aromatic carbocycles. The first-order valence-electron chi connectivity index (χ1n) is 5.93. The molecule has 0 saturated heterocycles. The van der Waals surface area contributed by atoms with Crippen LogP contribution in [0.3, 0.4) is 0 Å². The molecule has 0 aliphatic rings. The topological polar surface area (TPSA) is 38.8 Å². The molecule has 1 aromatic rings. The Kier molecular flexibility index (Phi) is 6.47. The van der Waals surface area contributed by atoms with Gasteiger partial charge < -0.3 is 14.4 Å². The van der Waals surface area contributed by atoms with Gasteiger partial charge in [0, 0.05) is 27.3 Å². The Balaban J connectivity index is 2.96. The van der Waals surface area contributed by atoms with E-state index in [9.17, 15) is 18.0 Å². The van der Waals surface area contributed by atoms with E-state index in [-0.39, 0.29) is 26.3 Å². The Hall–Kier alpha value is -1.60. The van der Waals surface area contributed by atoms with Crippen molar-refractivity contribution in [1.29, 1.82) is 0 Å². The van der Waals surface area contributed by atoms with Crippen LogP contribution in [0.4, 0.5) is 13.2 Å². The van der Waals surface area contributed by atoms with Gasteiger partial charge in [0.1, 0.15) is 0 Å². The Morgan fingerprint density at radius 3 is 2.10 bits per heavy atom. The Labute approximate surface area is 115 Å². The molecule has 0 fully saturated rings. The number of amides is 1. The summed E-state index contributed by atoms with van der Waals surface area (Å²) in [6.45, 7) is 0.857. The first-order chi connectivity index (χ1) is 9.52. The van der Waals surface area contributed by atoms with Crippen molar-refractivity contribution >= 4 is 5.91 Å². The van der Waals surface area contributed by atoms with Gasteiger partial charge in [-0.25, -0.2) is 13.2 Å². The van der Waals surface area contributed by atoms with Gasteiger partial charge in [-0.1, -0.05) is 0 Å². The summed E-state index contributed by atoms with van der Waals surface area (Å²) in [6, 6.07) is 1.64. The monoisotopic (exact) mass is 291 g/mol. The quantitative estimate of drug-likeness (QED) is 0.720. The van der Waals surface area contributed by atoms with E-state index in [2.05, 4.69) is 0 Å². The Bertz CT molecular complexity index is 460. The van der Waals surface area contributed by atoms with Gasteiger partial charge in [0.25, 0.3) is 5.91 Å². The lowest BCUT2D eigenvalue weighted by Crippen LogP contribution is -2.37. The fraction of sp³-hybridized carbons (Fsp3) is 0.462. The number of hydrogen-bond donors (Lipinski definition) is 0. The summed E-state index contributed by atoms with van der Waals surface area (Å²) in [4.78, 5) is 13.4. The maximum Gasteiger partial charge on any atom is 0.257 e. The minimum Gasteiger partial charge on any atom is -0.383 e. The molecule has 20 heavy (non-hydrogen) atoms. The summed E-state index contributed by atoms with van der Waals surface area (Å²) in [5.74, 6) is -5.22. The van der Waals surface area contributed by atoms with E-state index in [1.165, 1.54) is 19.1 Å². The van der Waals surface area contributed by atoms with Gasteiger partial charge in [0.15, 0.2) is 17.5 Å². The van der Waals surface area contributed by atoms with Gasteiger partial charge in [-0.15, -0.1) is 0 Å². The predicted octanol–water partition coefficient (Wildman–Crippen LogP) is 1.84. The fourth-order valence-corrected chi connectivity index (χ4v) is 1.58. The van der Waals surface area contributed by atoms with Crippen molar-refractivity contribution < 1.29 is 27.4 Å². The normalized spacial score (nSPS) is 10.7. The molecule has 0 aliphatic carbocycles. The zero-order valence-corrected chi connectivity index (χ0v) is 11.3. The van der Waals surface area contributed by atoms with Crippen LogP contribution in [0.2, 0.25) is 0 Å². The molecular weight excluding hydrogens is 275 g/mol. The largest absolute Gasteiger partial charge is 0.383 e. The molecule has 0 aliphatic heterocycles. The van der Waals surface area contributed by atoms with Crippen LogP contribution >= 0.6 is 0 Å². The molecule has 0 bridgehead atoms. The number of hydrogen-bond acceptors (Lipinski definition) is 3. The van der Waals surface area contributed by atoms with E-state index in [1.54, 1.807) is 0 Å². The second-order valence-corrected chi connectivity index (χ2v) is 4.00. The molecular formula is C13H16F3NO3. The molecule has 0 N–H and O–H groups in total. The highest BCUT2D eigenvalue weighted by molar-refractivity contribution is 5.94. The number of methoxy groups -OCH3 is 2. The lowest BCUT2D eigenvalue weighted by atomic mass is 10.1. The van der Waals surface area contributed by atoms with Crippen LogP contribution in [0.5, 0.6) is 0 Å².